The Bertz CT molecular complexity index is 920. The Morgan fingerprint density at radius 3 is 2.63 bits per heavy atom. The summed E-state index contributed by atoms with van der Waals surface area (Å²) in [4.78, 5) is 0. The average molecular weight is 394 g/mol. The third kappa shape index (κ3) is 2.25. The minimum absolute atomic E-state index is 0.196. The van der Waals surface area contributed by atoms with Crippen molar-refractivity contribution in [3.05, 3.63) is 51.4 Å². The molecule has 0 saturated heterocycles. The average Bonchev–Trinajstić information content (AvgIpc) is 2.97. The summed E-state index contributed by atoms with van der Waals surface area (Å²) in [5.74, 6) is 0.539. The molecule has 4 rings (SSSR count). The normalized spacial score (nSPS) is 28.4. The highest BCUT2D eigenvalue weighted by molar-refractivity contribution is 6.33. The predicted octanol–water partition coefficient (Wildman–Crippen LogP) is 2.08. The molecule has 4 atom stereocenters. The SMILES string of the molecule is COc1cc(OC)c2c(c1Cl)O[C@@]1(C(O)c3ccc[n+]([O-])c3C[C@H]1C)C2O. The Labute approximate surface area is 161 Å². The number of benzene rings is 1. The molecule has 8 heteroatoms. The van der Waals surface area contributed by atoms with E-state index in [1.165, 1.54) is 20.4 Å². The first-order valence-corrected chi connectivity index (χ1v) is 8.95. The van der Waals surface area contributed by atoms with Gasteiger partial charge in [-0.25, -0.2) is 0 Å². The van der Waals surface area contributed by atoms with E-state index in [1.54, 1.807) is 18.2 Å². The number of aliphatic hydroxyl groups excluding tert-OH is 2. The van der Waals surface area contributed by atoms with Crippen LogP contribution in [-0.2, 0) is 6.42 Å². The molecule has 2 unspecified atom stereocenters. The molecule has 0 amide bonds. The molecule has 1 aromatic carbocycles. The molecule has 1 aliphatic carbocycles. The number of fused-ring (bicyclic) bond motifs is 2. The molecule has 2 N–H and O–H groups in total. The summed E-state index contributed by atoms with van der Waals surface area (Å²) in [6.07, 6.45) is -0.711. The lowest BCUT2D eigenvalue weighted by molar-refractivity contribution is -0.616. The zero-order valence-electron chi connectivity index (χ0n) is 15.1. The highest BCUT2D eigenvalue weighted by atomic mass is 35.5. The van der Waals surface area contributed by atoms with E-state index in [9.17, 15) is 15.4 Å². The molecule has 0 bridgehead atoms. The summed E-state index contributed by atoms with van der Waals surface area (Å²) < 4.78 is 17.6. The molecule has 1 aromatic heterocycles. The lowest BCUT2D eigenvalue weighted by Crippen LogP contribution is -2.55. The Morgan fingerprint density at radius 2 is 1.96 bits per heavy atom. The van der Waals surface area contributed by atoms with Crippen LogP contribution in [0, 0.1) is 11.1 Å². The van der Waals surface area contributed by atoms with Crippen molar-refractivity contribution in [1.82, 2.24) is 0 Å². The van der Waals surface area contributed by atoms with Crippen LogP contribution in [0.15, 0.2) is 24.4 Å². The van der Waals surface area contributed by atoms with E-state index in [1.807, 2.05) is 6.92 Å². The molecular formula is C19H20ClNO6. The quantitative estimate of drug-likeness (QED) is 0.599. The molecular weight excluding hydrogens is 374 g/mol. The second-order valence-electron chi connectivity index (χ2n) is 6.94. The topological polar surface area (TPSA) is 95.1 Å². The zero-order valence-corrected chi connectivity index (χ0v) is 15.9. The van der Waals surface area contributed by atoms with Crippen LogP contribution in [0.3, 0.4) is 0 Å². The number of aliphatic hydroxyl groups is 2. The molecule has 1 spiro atoms. The van der Waals surface area contributed by atoms with Crippen LogP contribution in [0.4, 0.5) is 0 Å². The van der Waals surface area contributed by atoms with Gasteiger partial charge in [-0.3, -0.25) is 0 Å². The molecule has 2 heterocycles. The van der Waals surface area contributed by atoms with E-state index < -0.39 is 17.8 Å². The van der Waals surface area contributed by atoms with Crippen LogP contribution in [0.5, 0.6) is 17.2 Å². The number of hydrogen-bond acceptors (Lipinski definition) is 6. The molecule has 1 aliphatic heterocycles. The zero-order chi connectivity index (χ0) is 19.5. The smallest absolute Gasteiger partial charge is 0.199 e. The lowest BCUT2D eigenvalue weighted by atomic mass is 9.69. The summed E-state index contributed by atoms with van der Waals surface area (Å²) in [7, 11) is 2.94. The van der Waals surface area contributed by atoms with Crippen LogP contribution in [0.1, 0.15) is 36.0 Å². The number of hydrogen-bond donors (Lipinski definition) is 2. The summed E-state index contributed by atoms with van der Waals surface area (Å²) in [5.41, 5.74) is -0.138. The summed E-state index contributed by atoms with van der Waals surface area (Å²) in [5, 5.41) is 34.8. The van der Waals surface area contributed by atoms with Crippen molar-refractivity contribution >= 4 is 11.6 Å². The molecule has 144 valence electrons. The van der Waals surface area contributed by atoms with Gasteiger partial charge in [0.25, 0.3) is 0 Å². The van der Waals surface area contributed by atoms with Crippen molar-refractivity contribution in [2.45, 2.75) is 31.2 Å². The van der Waals surface area contributed by atoms with Gasteiger partial charge in [-0.15, -0.1) is 0 Å². The first-order chi connectivity index (χ1) is 12.9. The molecule has 0 radical (unpaired) electrons. The van der Waals surface area contributed by atoms with E-state index in [-0.39, 0.29) is 16.7 Å². The fourth-order valence-electron chi connectivity index (χ4n) is 4.27. The van der Waals surface area contributed by atoms with Gasteiger partial charge in [0.2, 0.25) is 0 Å². The minimum Gasteiger partial charge on any atom is -0.618 e. The van der Waals surface area contributed by atoms with E-state index in [4.69, 9.17) is 25.8 Å². The highest BCUT2D eigenvalue weighted by Gasteiger charge is 2.62. The van der Waals surface area contributed by atoms with Crippen LogP contribution >= 0.6 is 11.6 Å². The lowest BCUT2D eigenvalue weighted by Gasteiger charge is -2.44. The van der Waals surface area contributed by atoms with Gasteiger partial charge < -0.3 is 29.6 Å². The molecule has 2 aromatic rings. The van der Waals surface area contributed by atoms with Gasteiger partial charge in [0.05, 0.1) is 25.3 Å². The van der Waals surface area contributed by atoms with E-state index in [2.05, 4.69) is 0 Å². The van der Waals surface area contributed by atoms with E-state index in [0.717, 1.165) is 4.73 Å². The maximum absolute atomic E-state index is 12.1. The Hall–Kier alpha value is -2.22. The summed E-state index contributed by atoms with van der Waals surface area (Å²) in [6, 6.07) is 4.80. The van der Waals surface area contributed by atoms with E-state index >= 15 is 0 Å². The standard InChI is InChI=1S/C19H20ClNO6/c1-9-7-11-10(5-4-6-21(11)24)17(22)19(9)18(23)14-12(25-2)8-13(26-3)15(20)16(14)27-19/h4-6,8-9,17-18,22-23H,7H2,1-3H3/t9-,17?,18?,19+/m1/s1. The number of ether oxygens (including phenoxy) is 3. The summed E-state index contributed by atoms with van der Waals surface area (Å²) in [6.45, 7) is 1.83. The number of halogens is 1. The molecule has 2 aliphatic rings. The second-order valence-corrected chi connectivity index (χ2v) is 7.32. The van der Waals surface area contributed by atoms with Gasteiger partial charge >= 0.3 is 0 Å². The van der Waals surface area contributed by atoms with Gasteiger partial charge in [-0.1, -0.05) is 18.5 Å². The molecule has 7 nitrogen and oxygen atoms in total. The van der Waals surface area contributed by atoms with Gasteiger partial charge in [0, 0.05) is 24.5 Å². The van der Waals surface area contributed by atoms with Crippen LogP contribution in [0.2, 0.25) is 5.02 Å². The monoisotopic (exact) mass is 393 g/mol. The van der Waals surface area contributed by atoms with Crippen LogP contribution < -0.4 is 18.9 Å². The van der Waals surface area contributed by atoms with Crippen LogP contribution in [-0.4, -0.2) is 30.0 Å². The minimum atomic E-state index is -1.40. The Balaban J connectivity index is 1.91. The molecule has 0 fully saturated rings. The van der Waals surface area contributed by atoms with Gasteiger partial charge in [0.1, 0.15) is 28.7 Å². The fraction of sp³-hybridized carbons (Fsp3) is 0.421. The largest absolute Gasteiger partial charge is 0.618 e. The van der Waals surface area contributed by atoms with Crippen molar-refractivity contribution in [3.63, 3.8) is 0 Å². The number of pyridine rings is 1. The van der Waals surface area contributed by atoms with Crippen molar-refractivity contribution in [2.75, 3.05) is 14.2 Å². The first kappa shape index (κ1) is 18.2. The van der Waals surface area contributed by atoms with Crippen molar-refractivity contribution in [3.8, 4) is 17.2 Å². The molecule has 27 heavy (non-hydrogen) atoms. The third-order valence-corrected chi connectivity index (χ3v) is 6.05. The maximum atomic E-state index is 12.1. The Morgan fingerprint density at radius 1 is 1.26 bits per heavy atom. The summed E-state index contributed by atoms with van der Waals surface area (Å²) >= 11 is 6.42. The number of rotatable bonds is 2. The van der Waals surface area contributed by atoms with Crippen molar-refractivity contribution in [1.29, 1.82) is 0 Å². The van der Waals surface area contributed by atoms with Crippen LogP contribution in [0.25, 0.3) is 0 Å². The van der Waals surface area contributed by atoms with Crippen molar-refractivity contribution in [2.24, 2.45) is 5.92 Å². The number of nitrogens with zero attached hydrogens (tertiary/aromatic N) is 1. The van der Waals surface area contributed by atoms with E-state index in [0.29, 0.717) is 34.7 Å². The predicted molar refractivity (Wildman–Crippen MR) is 96.1 cm³/mol. The second kappa shape index (κ2) is 6.15. The van der Waals surface area contributed by atoms with Gasteiger partial charge in [-0.2, -0.15) is 4.73 Å². The highest BCUT2D eigenvalue weighted by Crippen LogP contribution is 2.61. The third-order valence-electron chi connectivity index (χ3n) is 5.70. The van der Waals surface area contributed by atoms with Gasteiger partial charge in [-0.05, 0) is 6.07 Å². The first-order valence-electron chi connectivity index (χ1n) is 8.57. The Kier molecular flexibility index (Phi) is 4.14. The molecule has 0 saturated carbocycles. The fourth-order valence-corrected chi connectivity index (χ4v) is 4.54. The maximum Gasteiger partial charge on any atom is 0.199 e. The van der Waals surface area contributed by atoms with Gasteiger partial charge in [0.15, 0.2) is 23.2 Å². The number of methoxy groups -OCH3 is 2. The number of aromatic nitrogens is 1. The van der Waals surface area contributed by atoms with Crippen molar-refractivity contribution < 1.29 is 29.2 Å².